The van der Waals surface area contributed by atoms with E-state index in [4.69, 9.17) is 4.74 Å². The molecule has 1 heterocycles. The Hall–Kier alpha value is -2.62. The van der Waals surface area contributed by atoms with Crippen molar-refractivity contribution in [3.05, 3.63) is 65.2 Å². The number of cyclic esters (lactones) is 1. The molecule has 1 aliphatic heterocycles. The van der Waals surface area contributed by atoms with E-state index in [1.54, 1.807) is 19.1 Å². The van der Waals surface area contributed by atoms with Gasteiger partial charge in [-0.2, -0.15) is 0 Å². The van der Waals surface area contributed by atoms with Gasteiger partial charge in [0, 0.05) is 12.1 Å². The van der Waals surface area contributed by atoms with Crippen LogP contribution < -0.4 is 5.32 Å². The molecular weight excluding hydrogens is 278 g/mol. The third-order valence-electron chi connectivity index (χ3n) is 3.87. The molecule has 2 aromatic carbocycles. The lowest BCUT2D eigenvalue weighted by molar-refractivity contribution is -0.134. The number of hydrogen-bond acceptors (Lipinski definition) is 3. The molecule has 2 aromatic rings. The second-order valence-corrected chi connectivity index (χ2v) is 5.77. The molecule has 0 aliphatic carbocycles. The van der Waals surface area contributed by atoms with Crippen LogP contribution in [0, 0.1) is 6.92 Å². The highest BCUT2D eigenvalue weighted by atomic mass is 16.6. The fourth-order valence-corrected chi connectivity index (χ4v) is 2.56. The number of hydrogen-bond donors (Lipinski definition) is 1. The summed E-state index contributed by atoms with van der Waals surface area (Å²) in [6.07, 6.45) is 0.368. The molecule has 0 fully saturated rings. The Kier molecular flexibility index (Phi) is 3.45. The number of amides is 1. The molecule has 4 nitrogen and oxygen atoms in total. The first-order chi connectivity index (χ1) is 10.5. The minimum atomic E-state index is -1.20. The van der Waals surface area contributed by atoms with Crippen LogP contribution >= 0.6 is 0 Å². The van der Waals surface area contributed by atoms with Crippen LogP contribution in [0.3, 0.4) is 0 Å². The number of benzene rings is 2. The normalized spacial score (nSPS) is 20.0. The van der Waals surface area contributed by atoms with Crippen molar-refractivity contribution in [2.24, 2.45) is 0 Å². The molecule has 3 rings (SSSR count). The van der Waals surface area contributed by atoms with Crippen LogP contribution in [0.25, 0.3) is 0 Å². The summed E-state index contributed by atoms with van der Waals surface area (Å²) in [5, 5.41) is 2.81. The minimum absolute atomic E-state index is 0.320. The van der Waals surface area contributed by atoms with Crippen molar-refractivity contribution in [2.75, 3.05) is 5.32 Å². The highest BCUT2D eigenvalue weighted by Crippen LogP contribution is 2.29. The first-order valence-electron chi connectivity index (χ1n) is 7.17. The predicted molar refractivity (Wildman–Crippen MR) is 83.8 cm³/mol. The lowest BCUT2D eigenvalue weighted by atomic mass is 9.89. The standard InChI is InChI=1S/C18H17NO3/c1-12-7-9-14(10-8-12)19-17(21)18(2)11-13-5-3-4-6-15(13)16(20)22-18/h3-10H,11H2,1-2H3,(H,19,21)/t18-/m0/s1. The lowest BCUT2D eigenvalue weighted by Crippen LogP contribution is -2.48. The van der Waals surface area contributed by atoms with Crippen LogP contribution in [0.4, 0.5) is 5.69 Å². The van der Waals surface area contributed by atoms with Crippen LogP contribution in [0.5, 0.6) is 0 Å². The SMILES string of the molecule is Cc1ccc(NC(=O)[C@]2(C)Cc3ccccc3C(=O)O2)cc1. The number of esters is 1. The predicted octanol–water partition coefficient (Wildman–Crippen LogP) is 3.11. The van der Waals surface area contributed by atoms with Crippen LogP contribution in [0.2, 0.25) is 0 Å². The lowest BCUT2D eigenvalue weighted by Gasteiger charge is -2.33. The average Bonchev–Trinajstić information content (AvgIpc) is 2.49. The van der Waals surface area contributed by atoms with Gasteiger partial charge in [0.05, 0.1) is 5.56 Å². The monoisotopic (exact) mass is 295 g/mol. The number of nitrogens with one attached hydrogen (secondary N) is 1. The minimum Gasteiger partial charge on any atom is -0.445 e. The van der Waals surface area contributed by atoms with E-state index in [0.29, 0.717) is 17.7 Å². The van der Waals surface area contributed by atoms with E-state index in [0.717, 1.165) is 11.1 Å². The van der Waals surface area contributed by atoms with Gasteiger partial charge in [0.15, 0.2) is 5.60 Å². The summed E-state index contributed by atoms with van der Waals surface area (Å²) in [5.74, 6) is -0.775. The Labute approximate surface area is 129 Å². The van der Waals surface area contributed by atoms with Gasteiger partial charge in [-0.15, -0.1) is 0 Å². The number of fused-ring (bicyclic) bond motifs is 1. The highest BCUT2D eigenvalue weighted by Gasteiger charge is 2.42. The molecule has 0 saturated carbocycles. The van der Waals surface area contributed by atoms with Crippen molar-refractivity contribution in [3.8, 4) is 0 Å². The number of anilines is 1. The Bertz CT molecular complexity index is 736. The molecule has 1 aliphatic rings. The molecule has 112 valence electrons. The average molecular weight is 295 g/mol. The van der Waals surface area contributed by atoms with Crippen molar-refractivity contribution in [3.63, 3.8) is 0 Å². The van der Waals surface area contributed by atoms with Gasteiger partial charge in [-0.3, -0.25) is 4.79 Å². The van der Waals surface area contributed by atoms with Gasteiger partial charge in [0.1, 0.15) is 0 Å². The van der Waals surface area contributed by atoms with Crippen LogP contribution in [-0.2, 0) is 16.0 Å². The maximum Gasteiger partial charge on any atom is 0.339 e. The molecule has 1 N–H and O–H groups in total. The van der Waals surface area contributed by atoms with Gasteiger partial charge in [-0.1, -0.05) is 35.9 Å². The third-order valence-corrected chi connectivity index (χ3v) is 3.87. The largest absolute Gasteiger partial charge is 0.445 e. The van der Waals surface area contributed by atoms with Gasteiger partial charge >= 0.3 is 5.97 Å². The topological polar surface area (TPSA) is 55.4 Å². The Balaban J connectivity index is 1.83. The van der Waals surface area contributed by atoms with E-state index < -0.39 is 11.6 Å². The van der Waals surface area contributed by atoms with Crippen LogP contribution in [-0.4, -0.2) is 17.5 Å². The van der Waals surface area contributed by atoms with Gasteiger partial charge in [0.2, 0.25) is 0 Å². The fourth-order valence-electron chi connectivity index (χ4n) is 2.56. The van der Waals surface area contributed by atoms with Gasteiger partial charge in [-0.05, 0) is 37.6 Å². The summed E-state index contributed by atoms with van der Waals surface area (Å²) < 4.78 is 5.41. The molecule has 1 atom stereocenters. The van der Waals surface area contributed by atoms with Gasteiger partial charge in [-0.25, -0.2) is 4.79 Å². The zero-order chi connectivity index (χ0) is 15.7. The third kappa shape index (κ3) is 2.60. The summed E-state index contributed by atoms with van der Waals surface area (Å²) in [6, 6.07) is 14.7. The number of aryl methyl sites for hydroxylation is 1. The summed E-state index contributed by atoms with van der Waals surface area (Å²) in [7, 11) is 0. The van der Waals surface area contributed by atoms with E-state index in [9.17, 15) is 9.59 Å². The second kappa shape index (κ2) is 5.30. The number of ether oxygens (including phenoxy) is 1. The van der Waals surface area contributed by atoms with Crippen molar-refractivity contribution in [1.29, 1.82) is 0 Å². The molecule has 0 aromatic heterocycles. The van der Waals surface area contributed by atoms with Crippen LogP contribution in [0.15, 0.2) is 48.5 Å². The number of rotatable bonds is 2. The van der Waals surface area contributed by atoms with E-state index >= 15 is 0 Å². The zero-order valence-corrected chi connectivity index (χ0v) is 12.6. The van der Waals surface area contributed by atoms with E-state index in [2.05, 4.69) is 5.32 Å². The Morgan fingerprint density at radius 3 is 2.55 bits per heavy atom. The molecule has 22 heavy (non-hydrogen) atoms. The maximum absolute atomic E-state index is 12.5. The smallest absolute Gasteiger partial charge is 0.339 e. The van der Waals surface area contributed by atoms with E-state index in [1.165, 1.54) is 0 Å². The van der Waals surface area contributed by atoms with E-state index in [-0.39, 0.29) is 5.91 Å². The summed E-state index contributed by atoms with van der Waals surface area (Å²) in [4.78, 5) is 24.6. The van der Waals surface area contributed by atoms with Crippen molar-refractivity contribution < 1.29 is 14.3 Å². The summed E-state index contributed by atoms with van der Waals surface area (Å²) in [5.41, 5.74) is 1.97. The molecule has 4 heteroatoms. The quantitative estimate of drug-likeness (QED) is 0.866. The maximum atomic E-state index is 12.5. The van der Waals surface area contributed by atoms with Crippen LogP contribution in [0.1, 0.15) is 28.4 Å². The Morgan fingerprint density at radius 1 is 1.14 bits per heavy atom. The van der Waals surface area contributed by atoms with Gasteiger partial charge < -0.3 is 10.1 Å². The fraction of sp³-hybridized carbons (Fsp3) is 0.222. The second-order valence-electron chi connectivity index (χ2n) is 5.77. The van der Waals surface area contributed by atoms with E-state index in [1.807, 2.05) is 43.3 Å². The summed E-state index contributed by atoms with van der Waals surface area (Å²) in [6.45, 7) is 3.62. The highest BCUT2D eigenvalue weighted by molar-refractivity contribution is 6.02. The molecule has 0 spiro atoms. The molecule has 0 unspecified atom stereocenters. The molecule has 1 amide bonds. The number of carbonyl (C=O) groups excluding carboxylic acids is 2. The molecule has 0 radical (unpaired) electrons. The van der Waals surface area contributed by atoms with Crippen molar-refractivity contribution in [2.45, 2.75) is 25.9 Å². The molecular formula is C18H17NO3. The van der Waals surface area contributed by atoms with Crippen molar-refractivity contribution >= 4 is 17.6 Å². The Morgan fingerprint density at radius 2 is 1.82 bits per heavy atom. The first-order valence-corrected chi connectivity index (χ1v) is 7.17. The molecule has 0 bridgehead atoms. The van der Waals surface area contributed by atoms with Gasteiger partial charge in [0.25, 0.3) is 5.91 Å². The zero-order valence-electron chi connectivity index (χ0n) is 12.6. The van der Waals surface area contributed by atoms with Crippen molar-refractivity contribution in [1.82, 2.24) is 0 Å². The number of carbonyl (C=O) groups is 2. The summed E-state index contributed by atoms with van der Waals surface area (Å²) >= 11 is 0. The molecule has 0 saturated heterocycles. The first kappa shape index (κ1) is 14.3.